The molecule has 5 nitrogen and oxygen atoms in total. The van der Waals surface area contributed by atoms with Crippen LogP contribution in [0.5, 0.6) is 0 Å². The fourth-order valence-electron chi connectivity index (χ4n) is 1.75. The number of hydrogen-bond acceptors (Lipinski definition) is 5. The minimum Gasteiger partial charge on any atom is -0.336 e. The highest BCUT2D eigenvalue weighted by Crippen LogP contribution is 2.17. The lowest BCUT2D eigenvalue weighted by Gasteiger charge is -2.15. The van der Waals surface area contributed by atoms with Gasteiger partial charge < -0.3 is 10.2 Å². The predicted octanol–water partition coefficient (Wildman–Crippen LogP) is 0.280. The maximum Gasteiger partial charge on any atom is 0.267 e. The summed E-state index contributed by atoms with van der Waals surface area (Å²) in [6, 6.07) is 0.426. The summed E-state index contributed by atoms with van der Waals surface area (Å²) in [5.41, 5.74) is 0.734. The van der Waals surface area contributed by atoms with Crippen LogP contribution in [-0.4, -0.2) is 46.6 Å². The summed E-state index contributed by atoms with van der Waals surface area (Å²) in [4.78, 5) is 14.6. The van der Waals surface area contributed by atoms with E-state index in [2.05, 4.69) is 14.9 Å². The highest BCUT2D eigenvalue weighted by atomic mass is 32.1. The van der Waals surface area contributed by atoms with Crippen molar-refractivity contribution in [1.82, 2.24) is 19.8 Å². The lowest BCUT2D eigenvalue weighted by molar-refractivity contribution is 0.0793. The average Bonchev–Trinajstić information content (AvgIpc) is 2.84. The Bertz CT molecular complexity index is 365. The maximum atomic E-state index is 12.0. The van der Waals surface area contributed by atoms with Crippen LogP contribution in [0, 0.1) is 6.92 Å². The van der Waals surface area contributed by atoms with Crippen molar-refractivity contribution in [1.29, 1.82) is 0 Å². The normalized spacial score (nSPS) is 20.9. The third-order valence-corrected chi connectivity index (χ3v) is 3.55. The largest absolute Gasteiger partial charge is 0.336 e. The van der Waals surface area contributed by atoms with Gasteiger partial charge in [-0.05, 0) is 31.9 Å². The van der Waals surface area contributed by atoms with E-state index in [9.17, 15) is 4.79 Å². The van der Waals surface area contributed by atoms with E-state index in [1.165, 1.54) is 11.5 Å². The van der Waals surface area contributed by atoms with Crippen molar-refractivity contribution < 1.29 is 4.79 Å². The molecule has 0 bridgehead atoms. The van der Waals surface area contributed by atoms with Gasteiger partial charge in [-0.3, -0.25) is 4.79 Å². The predicted molar refractivity (Wildman–Crippen MR) is 58.0 cm³/mol. The fourth-order valence-corrected chi connectivity index (χ4v) is 2.38. The summed E-state index contributed by atoms with van der Waals surface area (Å²) in [6.45, 7) is 3.43. The molecule has 1 fully saturated rings. The monoisotopic (exact) mass is 226 g/mol. The van der Waals surface area contributed by atoms with Gasteiger partial charge >= 0.3 is 0 Å². The van der Waals surface area contributed by atoms with E-state index in [-0.39, 0.29) is 5.91 Å². The van der Waals surface area contributed by atoms with Crippen molar-refractivity contribution in [2.24, 2.45) is 0 Å². The number of carbonyl (C=O) groups is 1. The molecule has 15 heavy (non-hydrogen) atoms. The molecule has 82 valence electrons. The van der Waals surface area contributed by atoms with Gasteiger partial charge in [-0.1, -0.05) is 4.49 Å². The number of carbonyl (C=O) groups excluding carboxylic acids is 1. The van der Waals surface area contributed by atoms with Crippen LogP contribution in [0.4, 0.5) is 0 Å². The molecule has 2 rings (SSSR count). The van der Waals surface area contributed by atoms with Crippen LogP contribution in [-0.2, 0) is 0 Å². The summed E-state index contributed by atoms with van der Waals surface area (Å²) >= 11 is 1.18. The number of nitrogens with zero attached hydrogens (tertiary/aromatic N) is 3. The zero-order valence-electron chi connectivity index (χ0n) is 8.86. The number of likely N-dealkylation sites (N-methyl/N-ethyl adjacent to an activating group) is 1. The minimum absolute atomic E-state index is 0.0697. The Morgan fingerprint density at radius 1 is 1.67 bits per heavy atom. The molecule has 0 radical (unpaired) electrons. The first kappa shape index (κ1) is 10.5. The van der Waals surface area contributed by atoms with E-state index in [1.807, 2.05) is 18.9 Å². The van der Waals surface area contributed by atoms with Crippen LogP contribution in [0.15, 0.2) is 0 Å². The fraction of sp³-hybridized carbons (Fsp3) is 0.667. The van der Waals surface area contributed by atoms with Gasteiger partial charge in [0.2, 0.25) is 0 Å². The van der Waals surface area contributed by atoms with Gasteiger partial charge in [0.05, 0.1) is 5.69 Å². The third kappa shape index (κ3) is 2.00. The van der Waals surface area contributed by atoms with Crippen molar-refractivity contribution in [2.45, 2.75) is 19.4 Å². The van der Waals surface area contributed by atoms with E-state index in [0.717, 1.165) is 25.2 Å². The summed E-state index contributed by atoms with van der Waals surface area (Å²) in [5, 5.41) is 7.04. The molecule has 0 aromatic carbocycles. The lowest BCUT2D eigenvalue weighted by Crippen LogP contribution is -2.33. The quantitative estimate of drug-likeness (QED) is 0.787. The second-order valence-electron chi connectivity index (χ2n) is 3.71. The van der Waals surface area contributed by atoms with Crippen molar-refractivity contribution in [3.05, 3.63) is 10.6 Å². The Kier molecular flexibility index (Phi) is 2.97. The van der Waals surface area contributed by atoms with Crippen LogP contribution >= 0.6 is 11.5 Å². The molecule has 1 saturated heterocycles. The molecule has 2 heterocycles. The summed E-state index contributed by atoms with van der Waals surface area (Å²) in [7, 11) is 1.93. The smallest absolute Gasteiger partial charge is 0.267 e. The molecule has 1 aromatic rings. The highest BCUT2D eigenvalue weighted by Gasteiger charge is 2.27. The summed E-state index contributed by atoms with van der Waals surface area (Å²) in [6.07, 6.45) is 1.02. The first-order valence-corrected chi connectivity index (χ1v) is 5.75. The molecule has 1 aliphatic heterocycles. The first-order valence-electron chi connectivity index (χ1n) is 4.98. The molecule has 1 atom stereocenters. The molecule has 1 amide bonds. The minimum atomic E-state index is 0.0697. The maximum absolute atomic E-state index is 12.0. The van der Waals surface area contributed by atoms with Gasteiger partial charge in [-0.15, -0.1) is 5.10 Å². The van der Waals surface area contributed by atoms with Crippen LogP contribution in [0.1, 0.15) is 21.8 Å². The van der Waals surface area contributed by atoms with E-state index in [4.69, 9.17) is 0 Å². The summed E-state index contributed by atoms with van der Waals surface area (Å²) in [5.74, 6) is 0.0697. The van der Waals surface area contributed by atoms with Crippen LogP contribution in [0.3, 0.4) is 0 Å². The molecular weight excluding hydrogens is 212 g/mol. The Morgan fingerprint density at radius 2 is 2.47 bits per heavy atom. The number of likely N-dealkylation sites (tertiary alicyclic amines) is 1. The molecule has 0 spiro atoms. The Balaban J connectivity index is 2.07. The number of amides is 1. The SMILES string of the molecule is CNC1CCN(C(=O)c2snnc2C)C1. The van der Waals surface area contributed by atoms with Gasteiger partial charge in [0, 0.05) is 19.1 Å². The number of aryl methyl sites for hydroxylation is 1. The molecule has 1 unspecified atom stereocenters. The zero-order chi connectivity index (χ0) is 10.8. The molecule has 6 heteroatoms. The lowest BCUT2D eigenvalue weighted by atomic mass is 10.3. The van der Waals surface area contributed by atoms with E-state index in [1.54, 1.807) is 0 Å². The van der Waals surface area contributed by atoms with Gasteiger partial charge in [0.25, 0.3) is 5.91 Å². The van der Waals surface area contributed by atoms with Crippen LogP contribution in [0.2, 0.25) is 0 Å². The number of rotatable bonds is 2. The molecule has 1 N–H and O–H groups in total. The van der Waals surface area contributed by atoms with E-state index in [0.29, 0.717) is 10.9 Å². The molecule has 0 saturated carbocycles. The van der Waals surface area contributed by atoms with Gasteiger partial charge in [0.15, 0.2) is 0 Å². The molecule has 0 aliphatic carbocycles. The number of aromatic nitrogens is 2. The van der Waals surface area contributed by atoms with Crippen molar-refractivity contribution in [3.8, 4) is 0 Å². The Hall–Kier alpha value is -1.01. The number of hydrogen-bond donors (Lipinski definition) is 1. The average molecular weight is 226 g/mol. The van der Waals surface area contributed by atoms with Gasteiger partial charge in [0.1, 0.15) is 4.88 Å². The highest BCUT2D eigenvalue weighted by molar-refractivity contribution is 7.07. The van der Waals surface area contributed by atoms with Gasteiger partial charge in [-0.2, -0.15) is 0 Å². The second kappa shape index (κ2) is 4.24. The van der Waals surface area contributed by atoms with Crippen molar-refractivity contribution in [2.75, 3.05) is 20.1 Å². The van der Waals surface area contributed by atoms with Gasteiger partial charge in [-0.25, -0.2) is 0 Å². The molecule has 1 aromatic heterocycles. The molecular formula is C9H14N4OS. The van der Waals surface area contributed by atoms with E-state index >= 15 is 0 Å². The second-order valence-corrected chi connectivity index (χ2v) is 4.47. The van der Waals surface area contributed by atoms with Crippen LogP contribution in [0.25, 0.3) is 0 Å². The zero-order valence-corrected chi connectivity index (χ0v) is 9.67. The van der Waals surface area contributed by atoms with Crippen molar-refractivity contribution >= 4 is 17.4 Å². The molecule has 1 aliphatic rings. The Morgan fingerprint density at radius 3 is 3.00 bits per heavy atom. The topological polar surface area (TPSA) is 58.1 Å². The number of nitrogens with one attached hydrogen (secondary N) is 1. The standard InChI is InChI=1S/C9H14N4OS/c1-6-8(15-12-11-6)9(14)13-4-3-7(5-13)10-2/h7,10H,3-5H2,1-2H3. The van der Waals surface area contributed by atoms with Crippen LogP contribution < -0.4 is 5.32 Å². The Labute approximate surface area is 92.6 Å². The third-order valence-electron chi connectivity index (χ3n) is 2.73. The summed E-state index contributed by atoms with van der Waals surface area (Å²) < 4.78 is 3.78. The van der Waals surface area contributed by atoms with Crippen molar-refractivity contribution in [3.63, 3.8) is 0 Å². The van der Waals surface area contributed by atoms with E-state index < -0.39 is 0 Å². The first-order chi connectivity index (χ1) is 7.22.